The van der Waals surface area contributed by atoms with E-state index >= 15 is 0 Å². The molecule has 1 heterocycles. The Morgan fingerprint density at radius 3 is 2.14 bits per heavy atom. The Morgan fingerprint density at radius 2 is 1.54 bits per heavy atom. The predicted octanol–water partition coefficient (Wildman–Crippen LogP) is 3.37. The number of carbonyl (C=O) groups excluding carboxylic acids is 3. The van der Waals surface area contributed by atoms with Crippen LogP contribution in [0.5, 0.6) is 11.5 Å². The number of fused-ring (bicyclic) bond motifs is 1. The Morgan fingerprint density at radius 1 is 0.929 bits per heavy atom. The number of esters is 1. The van der Waals surface area contributed by atoms with Gasteiger partial charge in [-0.1, -0.05) is 24.3 Å². The van der Waals surface area contributed by atoms with Crippen molar-refractivity contribution >= 4 is 23.5 Å². The van der Waals surface area contributed by atoms with Crippen molar-refractivity contribution in [3.63, 3.8) is 0 Å². The minimum atomic E-state index is -0.546. The molecule has 0 N–H and O–H groups in total. The van der Waals surface area contributed by atoms with Crippen molar-refractivity contribution < 1.29 is 23.9 Å². The average molecular weight is 377 g/mol. The summed E-state index contributed by atoms with van der Waals surface area (Å²) in [6, 6.07) is 13.2. The summed E-state index contributed by atoms with van der Waals surface area (Å²) >= 11 is 0. The molecule has 1 saturated heterocycles. The number of benzene rings is 2. The van der Waals surface area contributed by atoms with Crippen LogP contribution in [-0.2, 0) is 9.59 Å². The van der Waals surface area contributed by atoms with Crippen molar-refractivity contribution in [1.29, 1.82) is 0 Å². The minimum Gasteiger partial charge on any atom is -0.496 e. The van der Waals surface area contributed by atoms with E-state index in [1.54, 1.807) is 48.5 Å². The molecule has 1 aliphatic heterocycles. The number of methoxy groups -OCH3 is 1. The van der Waals surface area contributed by atoms with Crippen LogP contribution in [0.1, 0.15) is 23.2 Å². The molecule has 1 fully saturated rings. The van der Waals surface area contributed by atoms with Gasteiger partial charge in [0.25, 0.3) is 0 Å². The number of imide groups is 1. The lowest BCUT2D eigenvalue weighted by molar-refractivity contribution is -0.122. The van der Waals surface area contributed by atoms with Gasteiger partial charge in [-0.05, 0) is 49.2 Å². The number of ether oxygens (including phenoxy) is 2. The highest BCUT2D eigenvalue weighted by Crippen LogP contribution is 2.38. The first kappa shape index (κ1) is 18.0. The van der Waals surface area contributed by atoms with Crippen LogP contribution in [0, 0.1) is 11.8 Å². The Kier molecular flexibility index (Phi) is 4.69. The van der Waals surface area contributed by atoms with Gasteiger partial charge in [0.15, 0.2) is 0 Å². The number of para-hydroxylation sites is 1. The highest BCUT2D eigenvalue weighted by molar-refractivity contribution is 6.22. The molecule has 1 aliphatic carbocycles. The Bertz CT molecular complexity index is 937. The lowest BCUT2D eigenvalue weighted by atomic mass is 9.85. The molecule has 2 aromatic carbocycles. The quantitative estimate of drug-likeness (QED) is 0.354. The maximum Gasteiger partial charge on any atom is 0.347 e. The van der Waals surface area contributed by atoms with Crippen LogP contribution in [0.25, 0.3) is 0 Å². The zero-order valence-electron chi connectivity index (χ0n) is 15.3. The second-order valence-corrected chi connectivity index (χ2v) is 6.75. The lowest BCUT2D eigenvalue weighted by Crippen LogP contribution is -2.30. The molecule has 4 rings (SSSR count). The first-order valence-electron chi connectivity index (χ1n) is 9.08. The van der Waals surface area contributed by atoms with Crippen LogP contribution in [-0.4, -0.2) is 24.9 Å². The molecule has 0 saturated carbocycles. The number of anilines is 1. The van der Waals surface area contributed by atoms with E-state index in [1.165, 1.54) is 12.0 Å². The molecule has 142 valence electrons. The van der Waals surface area contributed by atoms with Crippen LogP contribution < -0.4 is 14.4 Å². The smallest absolute Gasteiger partial charge is 0.347 e. The summed E-state index contributed by atoms with van der Waals surface area (Å²) in [4.78, 5) is 38.9. The molecule has 6 nitrogen and oxygen atoms in total. The van der Waals surface area contributed by atoms with E-state index in [0.717, 1.165) is 0 Å². The molecule has 28 heavy (non-hydrogen) atoms. The number of amides is 2. The SMILES string of the molecule is COc1ccccc1C(=O)Oc1ccc(N2C(=O)[C@H]3CC=CC[C@H]3C2=O)cc1. The van der Waals surface area contributed by atoms with Crippen LogP contribution in [0.3, 0.4) is 0 Å². The van der Waals surface area contributed by atoms with E-state index in [1.807, 2.05) is 12.2 Å². The molecular formula is C22H19NO5. The Hall–Kier alpha value is -3.41. The van der Waals surface area contributed by atoms with Gasteiger partial charge in [-0.25, -0.2) is 4.79 Å². The second-order valence-electron chi connectivity index (χ2n) is 6.75. The van der Waals surface area contributed by atoms with Gasteiger partial charge in [-0.15, -0.1) is 0 Å². The number of hydrogen-bond donors (Lipinski definition) is 0. The van der Waals surface area contributed by atoms with E-state index in [-0.39, 0.29) is 23.7 Å². The van der Waals surface area contributed by atoms with E-state index < -0.39 is 5.97 Å². The van der Waals surface area contributed by atoms with Gasteiger partial charge in [-0.2, -0.15) is 0 Å². The average Bonchev–Trinajstić information content (AvgIpc) is 2.99. The molecule has 2 atom stereocenters. The van der Waals surface area contributed by atoms with Gasteiger partial charge in [-0.3, -0.25) is 14.5 Å². The summed E-state index contributed by atoms with van der Waals surface area (Å²) in [5.41, 5.74) is 0.803. The molecule has 2 aliphatic rings. The summed E-state index contributed by atoms with van der Waals surface area (Å²) < 4.78 is 10.6. The monoisotopic (exact) mass is 377 g/mol. The van der Waals surface area contributed by atoms with E-state index in [2.05, 4.69) is 0 Å². The third kappa shape index (κ3) is 3.07. The van der Waals surface area contributed by atoms with E-state index in [0.29, 0.717) is 35.6 Å². The van der Waals surface area contributed by atoms with Crippen LogP contribution >= 0.6 is 0 Å². The third-order valence-corrected chi connectivity index (χ3v) is 5.14. The zero-order valence-corrected chi connectivity index (χ0v) is 15.3. The van der Waals surface area contributed by atoms with Gasteiger partial charge >= 0.3 is 5.97 Å². The summed E-state index contributed by atoms with van der Waals surface area (Å²) in [6.07, 6.45) is 5.10. The van der Waals surface area contributed by atoms with Gasteiger partial charge < -0.3 is 9.47 Å². The fraction of sp³-hybridized carbons (Fsp3) is 0.227. The fourth-order valence-corrected chi connectivity index (χ4v) is 3.69. The molecule has 0 spiro atoms. The number of hydrogen-bond acceptors (Lipinski definition) is 5. The number of nitrogens with zero attached hydrogens (tertiary/aromatic N) is 1. The molecule has 0 bridgehead atoms. The highest BCUT2D eigenvalue weighted by atomic mass is 16.5. The maximum atomic E-state index is 12.6. The molecule has 0 unspecified atom stereocenters. The van der Waals surface area contributed by atoms with E-state index in [4.69, 9.17) is 9.47 Å². The van der Waals surface area contributed by atoms with Crippen molar-refractivity contribution in [2.75, 3.05) is 12.0 Å². The van der Waals surface area contributed by atoms with E-state index in [9.17, 15) is 14.4 Å². The first-order valence-corrected chi connectivity index (χ1v) is 9.08. The van der Waals surface area contributed by atoms with Gasteiger partial charge in [0.2, 0.25) is 11.8 Å². The zero-order chi connectivity index (χ0) is 19.7. The van der Waals surface area contributed by atoms with Crippen molar-refractivity contribution in [3.8, 4) is 11.5 Å². The van der Waals surface area contributed by atoms with Crippen molar-refractivity contribution in [2.45, 2.75) is 12.8 Å². The van der Waals surface area contributed by atoms with Crippen molar-refractivity contribution in [2.24, 2.45) is 11.8 Å². The second kappa shape index (κ2) is 7.31. The van der Waals surface area contributed by atoms with Crippen LogP contribution in [0.4, 0.5) is 5.69 Å². The maximum absolute atomic E-state index is 12.6. The Labute approximate surface area is 162 Å². The summed E-state index contributed by atoms with van der Waals surface area (Å²) in [7, 11) is 1.48. The number of allylic oxidation sites excluding steroid dienone is 2. The molecular weight excluding hydrogens is 358 g/mol. The topological polar surface area (TPSA) is 72.9 Å². The molecule has 6 heteroatoms. The van der Waals surface area contributed by atoms with Gasteiger partial charge in [0.1, 0.15) is 17.1 Å². The minimum absolute atomic E-state index is 0.168. The normalized spacial score (nSPS) is 20.8. The van der Waals surface area contributed by atoms with Gasteiger partial charge in [0.05, 0.1) is 24.6 Å². The summed E-state index contributed by atoms with van der Waals surface area (Å²) in [6.45, 7) is 0. The molecule has 2 aromatic rings. The first-order chi connectivity index (χ1) is 13.6. The summed E-state index contributed by atoms with van der Waals surface area (Å²) in [5.74, 6) is -0.695. The molecule has 0 radical (unpaired) electrons. The summed E-state index contributed by atoms with van der Waals surface area (Å²) in [5, 5.41) is 0. The highest BCUT2D eigenvalue weighted by Gasteiger charge is 2.47. The number of carbonyl (C=O) groups is 3. The fourth-order valence-electron chi connectivity index (χ4n) is 3.69. The van der Waals surface area contributed by atoms with Crippen LogP contribution in [0.15, 0.2) is 60.7 Å². The molecule has 2 amide bonds. The van der Waals surface area contributed by atoms with Crippen molar-refractivity contribution in [3.05, 3.63) is 66.2 Å². The number of rotatable bonds is 4. The van der Waals surface area contributed by atoms with Crippen LogP contribution in [0.2, 0.25) is 0 Å². The van der Waals surface area contributed by atoms with Crippen molar-refractivity contribution in [1.82, 2.24) is 0 Å². The Balaban J connectivity index is 1.51. The molecule has 0 aromatic heterocycles. The standard InChI is InChI=1S/C22H19NO5/c1-27-19-9-5-4-8-18(19)22(26)28-15-12-10-14(11-13-15)23-20(24)16-6-2-3-7-17(16)21(23)25/h2-5,8-13,16-17H,6-7H2,1H3/t16-,17+. The lowest BCUT2D eigenvalue weighted by Gasteiger charge is -2.15. The third-order valence-electron chi connectivity index (χ3n) is 5.14. The predicted molar refractivity (Wildman–Crippen MR) is 102 cm³/mol. The largest absolute Gasteiger partial charge is 0.496 e. The van der Waals surface area contributed by atoms with Gasteiger partial charge in [0, 0.05) is 0 Å².